The molecule has 0 bridgehead atoms. The van der Waals surface area contributed by atoms with Crippen LogP contribution in [-0.4, -0.2) is 84.0 Å². The van der Waals surface area contributed by atoms with Crippen LogP contribution in [0.1, 0.15) is 25.7 Å². The molecule has 64 heavy (non-hydrogen) atoms. The summed E-state index contributed by atoms with van der Waals surface area (Å²) < 4.78 is 0. The predicted molar refractivity (Wildman–Crippen MR) is 258 cm³/mol. The van der Waals surface area contributed by atoms with E-state index in [1.807, 2.05) is 79.1 Å². The molecule has 2 saturated heterocycles. The molecule has 8 aromatic rings. The van der Waals surface area contributed by atoms with E-state index in [4.69, 9.17) is 38.9 Å². The maximum atomic E-state index is 11.5. The molecular weight excluding hydrogens is 848 g/mol. The molecule has 2 aliphatic rings. The number of piperidine rings is 2. The van der Waals surface area contributed by atoms with Gasteiger partial charge in [0, 0.05) is 83.6 Å². The van der Waals surface area contributed by atoms with E-state index in [1.165, 1.54) is 6.08 Å². The Balaban J connectivity index is 0.000000163. The number of aromatic amines is 2. The Morgan fingerprint density at radius 3 is 1.69 bits per heavy atom. The Morgan fingerprint density at radius 1 is 0.688 bits per heavy atom. The number of carbonyl (C=O) groups excluding carboxylic acids is 1. The normalized spacial score (nSPS) is 16.2. The molecule has 324 valence electrons. The monoisotopic (exact) mass is 892 g/mol. The molecule has 0 spiro atoms. The summed E-state index contributed by atoms with van der Waals surface area (Å²) in [5.41, 5.74) is 12.5. The highest BCUT2D eigenvalue weighted by Gasteiger charge is 2.24. The average molecular weight is 894 g/mol. The fourth-order valence-electron chi connectivity index (χ4n) is 8.18. The van der Waals surface area contributed by atoms with Gasteiger partial charge >= 0.3 is 0 Å². The number of H-pyrrole nitrogens is 2. The van der Waals surface area contributed by atoms with E-state index in [0.717, 1.165) is 102 Å². The number of nitrogens with one attached hydrogen (secondary N) is 5. The maximum absolute atomic E-state index is 11.5. The third-order valence-corrected chi connectivity index (χ3v) is 11.9. The first-order valence-corrected chi connectivity index (χ1v) is 21.9. The quantitative estimate of drug-likeness (QED) is 0.0714. The minimum atomic E-state index is -0.258. The molecule has 2 atom stereocenters. The third-order valence-electron chi connectivity index (χ3n) is 11.3. The lowest BCUT2D eigenvalue weighted by atomic mass is 10.1. The Labute approximate surface area is 379 Å². The van der Waals surface area contributed by atoms with E-state index in [-0.39, 0.29) is 18.0 Å². The zero-order chi connectivity index (χ0) is 44.0. The number of hydrogen-bond acceptors (Lipinski definition) is 12. The lowest BCUT2D eigenvalue weighted by Crippen LogP contribution is -2.42. The lowest BCUT2D eigenvalue weighted by molar-refractivity contribution is -0.111. The number of nitrogens with two attached hydrogens (primary N) is 1. The van der Waals surface area contributed by atoms with Crippen molar-refractivity contribution in [1.82, 2.24) is 39.9 Å². The summed E-state index contributed by atoms with van der Waals surface area (Å²) in [6.45, 7) is 6.93. The van der Waals surface area contributed by atoms with Gasteiger partial charge in [-0.15, -0.1) is 0 Å². The van der Waals surface area contributed by atoms with Crippen molar-refractivity contribution in [3.05, 3.63) is 133 Å². The summed E-state index contributed by atoms with van der Waals surface area (Å²) in [6, 6.07) is 24.2. The molecule has 6 aromatic heterocycles. The summed E-state index contributed by atoms with van der Waals surface area (Å²) in [6.07, 6.45) is 15.9. The Morgan fingerprint density at radius 2 is 1.20 bits per heavy atom. The zero-order valence-corrected chi connectivity index (χ0v) is 36.3. The number of anilines is 6. The number of amides is 1. The van der Waals surface area contributed by atoms with Crippen molar-refractivity contribution in [2.45, 2.75) is 37.8 Å². The fourth-order valence-corrected chi connectivity index (χ4v) is 8.57. The number of pyridine rings is 2. The van der Waals surface area contributed by atoms with E-state index < -0.39 is 0 Å². The van der Waals surface area contributed by atoms with Gasteiger partial charge in [-0.25, -0.2) is 29.9 Å². The van der Waals surface area contributed by atoms with Crippen LogP contribution < -0.4 is 31.5 Å². The summed E-state index contributed by atoms with van der Waals surface area (Å²) in [4.78, 5) is 49.8. The molecule has 0 saturated carbocycles. The van der Waals surface area contributed by atoms with Crippen LogP contribution in [0.4, 0.5) is 34.9 Å². The number of halogens is 2. The SMILES string of the molecule is C=CC(=O)Nc1ccc(N2CCC[C@@H](Nc3ncc(Cl)c(-c4c[nH]c5ccccc45)n3)C2)nc1.Nc1ccc(N2CCC[C@@H](Nc3ncc(Cl)c(-c4c[nH]c5ccccc45)n3)C2)nc1. The second-order valence-corrected chi connectivity index (χ2v) is 16.5. The minimum Gasteiger partial charge on any atom is -0.397 e. The molecule has 10 rings (SSSR count). The van der Waals surface area contributed by atoms with Crippen molar-refractivity contribution in [1.29, 1.82) is 0 Å². The van der Waals surface area contributed by atoms with Gasteiger partial charge in [0.1, 0.15) is 11.6 Å². The van der Waals surface area contributed by atoms with Gasteiger partial charge in [-0.05, 0) is 68.2 Å². The topological polar surface area (TPSA) is 195 Å². The molecule has 0 aliphatic carbocycles. The van der Waals surface area contributed by atoms with Crippen LogP contribution in [-0.2, 0) is 4.79 Å². The van der Waals surface area contributed by atoms with Crippen molar-refractivity contribution < 1.29 is 4.79 Å². The molecule has 15 nitrogen and oxygen atoms in total. The fraction of sp³-hybridized carbons (Fsp3) is 0.213. The van der Waals surface area contributed by atoms with Gasteiger partial charge in [0.25, 0.3) is 0 Å². The van der Waals surface area contributed by atoms with Crippen LogP contribution in [0, 0.1) is 0 Å². The number of nitrogen functional groups attached to an aromatic ring is 1. The van der Waals surface area contributed by atoms with Crippen molar-refractivity contribution in [3.8, 4) is 22.5 Å². The second-order valence-electron chi connectivity index (χ2n) is 15.7. The number of nitrogens with zero attached hydrogens (tertiary/aromatic N) is 8. The Kier molecular flexibility index (Phi) is 12.5. The first-order valence-electron chi connectivity index (χ1n) is 21.1. The molecule has 0 radical (unpaired) electrons. The van der Waals surface area contributed by atoms with Crippen LogP contribution >= 0.6 is 23.2 Å². The highest BCUT2D eigenvalue weighted by Crippen LogP contribution is 2.34. The van der Waals surface area contributed by atoms with E-state index >= 15 is 0 Å². The van der Waals surface area contributed by atoms with Crippen LogP contribution in [0.5, 0.6) is 0 Å². The number of hydrogen-bond donors (Lipinski definition) is 6. The Hall–Kier alpha value is -7.23. The highest BCUT2D eigenvalue weighted by molar-refractivity contribution is 6.33. The molecule has 0 unspecified atom stereocenters. The smallest absolute Gasteiger partial charge is 0.247 e. The number of benzene rings is 2. The van der Waals surface area contributed by atoms with Gasteiger partial charge in [0.05, 0.1) is 57.6 Å². The Bertz CT molecular complexity index is 2900. The van der Waals surface area contributed by atoms with Gasteiger partial charge in [-0.1, -0.05) is 66.2 Å². The standard InChI is InChI=1S/C25H24ClN7O.C22H22ClN7/c1-2-23(34)30-16-9-10-22(28-12-16)33-11-5-6-17(15-33)31-25-29-14-20(26)24(32-25)19-13-27-21-8-4-3-7-18(19)21;23-18-12-27-22(29-21(18)17-11-25-19-6-2-1-5-16(17)19)28-15-4-3-9-30(13-15)20-8-7-14(24)10-26-20/h2-4,7-10,12-14,17,27H,1,5-6,11,15H2,(H,30,34)(H,29,31,32);1-2,5-8,10-12,15,25H,3-4,9,13,24H2,(H,27,28,29)/t17-;15-/m11/s1. The molecule has 2 fully saturated rings. The summed E-state index contributed by atoms with van der Waals surface area (Å²) in [7, 11) is 0. The van der Waals surface area contributed by atoms with E-state index in [2.05, 4.69) is 68.3 Å². The van der Waals surface area contributed by atoms with Crippen LogP contribution in [0.2, 0.25) is 10.0 Å². The highest BCUT2D eigenvalue weighted by atomic mass is 35.5. The molecule has 17 heteroatoms. The van der Waals surface area contributed by atoms with E-state index in [1.54, 1.807) is 24.8 Å². The number of carbonyl (C=O) groups is 1. The largest absolute Gasteiger partial charge is 0.397 e. The van der Waals surface area contributed by atoms with Gasteiger partial charge in [0.15, 0.2) is 0 Å². The molecule has 2 aromatic carbocycles. The maximum Gasteiger partial charge on any atom is 0.247 e. The zero-order valence-electron chi connectivity index (χ0n) is 34.8. The summed E-state index contributed by atoms with van der Waals surface area (Å²) in [5, 5.41) is 12.9. The number of para-hydroxylation sites is 2. The number of fused-ring (bicyclic) bond motifs is 2. The van der Waals surface area contributed by atoms with Gasteiger partial charge in [0.2, 0.25) is 17.8 Å². The molecule has 1 amide bonds. The number of rotatable bonds is 10. The van der Waals surface area contributed by atoms with Crippen molar-refractivity contribution in [2.24, 2.45) is 0 Å². The average Bonchev–Trinajstić information content (AvgIpc) is 3.96. The lowest BCUT2D eigenvalue weighted by Gasteiger charge is -2.34. The van der Waals surface area contributed by atoms with Crippen molar-refractivity contribution >= 4 is 85.8 Å². The molecule has 2 aliphatic heterocycles. The predicted octanol–water partition coefficient (Wildman–Crippen LogP) is 9.22. The van der Waals surface area contributed by atoms with E-state index in [0.29, 0.717) is 39.0 Å². The minimum absolute atomic E-state index is 0.160. The van der Waals surface area contributed by atoms with Gasteiger partial charge in [-0.3, -0.25) is 4.79 Å². The summed E-state index contributed by atoms with van der Waals surface area (Å²) in [5.74, 6) is 2.67. The summed E-state index contributed by atoms with van der Waals surface area (Å²) >= 11 is 12.9. The van der Waals surface area contributed by atoms with Gasteiger partial charge in [-0.2, -0.15) is 0 Å². The molecule has 7 N–H and O–H groups in total. The number of aromatic nitrogens is 8. The van der Waals surface area contributed by atoms with Crippen LogP contribution in [0.25, 0.3) is 44.3 Å². The van der Waals surface area contributed by atoms with Crippen LogP contribution in [0.15, 0.2) is 123 Å². The van der Waals surface area contributed by atoms with Gasteiger partial charge < -0.3 is 41.5 Å². The molecule has 8 heterocycles. The van der Waals surface area contributed by atoms with E-state index in [9.17, 15) is 4.79 Å². The van der Waals surface area contributed by atoms with Crippen molar-refractivity contribution in [3.63, 3.8) is 0 Å². The van der Waals surface area contributed by atoms with Crippen molar-refractivity contribution in [2.75, 3.05) is 57.7 Å². The molecular formula is C47H46Cl2N14O. The second kappa shape index (κ2) is 19.0. The first-order chi connectivity index (χ1) is 31.3. The van der Waals surface area contributed by atoms with Crippen LogP contribution in [0.3, 0.4) is 0 Å². The third kappa shape index (κ3) is 9.55. The first kappa shape index (κ1) is 42.1.